The topological polar surface area (TPSA) is 50.7 Å². The van der Waals surface area contributed by atoms with E-state index in [9.17, 15) is 4.79 Å². The summed E-state index contributed by atoms with van der Waals surface area (Å²) in [5.74, 6) is -0.229. The Hall–Kier alpha value is -3.40. The summed E-state index contributed by atoms with van der Waals surface area (Å²) in [4.78, 5) is 17.4. The molecule has 0 saturated carbocycles. The molecular weight excluding hydrogens is 324 g/mol. The molecule has 3 rings (SSSR count). The van der Waals surface area contributed by atoms with Gasteiger partial charge in [0.1, 0.15) is 0 Å². The SMILES string of the molecule is O=C(CO/N=C/c1ccccc1)NC(c1ccccc1)c1ccccc1. The number of nitrogens with zero attached hydrogens (tertiary/aromatic N) is 1. The fraction of sp³-hybridized carbons (Fsp3) is 0.0909. The molecule has 1 amide bonds. The summed E-state index contributed by atoms with van der Waals surface area (Å²) < 4.78 is 0. The van der Waals surface area contributed by atoms with Gasteiger partial charge < -0.3 is 10.2 Å². The fourth-order valence-electron chi connectivity index (χ4n) is 2.59. The van der Waals surface area contributed by atoms with Crippen LogP contribution in [0.3, 0.4) is 0 Å². The normalized spacial score (nSPS) is 10.8. The van der Waals surface area contributed by atoms with E-state index in [2.05, 4.69) is 10.5 Å². The number of rotatable bonds is 7. The lowest BCUT2D eigenvalue weighted by molar-refractivity contribution is -0.126. The van der Waals surface area contributed by atoms with Crippen molar-refractivity contribution in [2.75, 3.05) is 6.61 Å². The van der Waals surface area contributed by atoms with E-state index in [4.69, 9.17) is 4.84 Å². The van der Waals surface area contributed by atoms with Crippen LogP contribution in [0.15, 0.2) is 96.2 Å². The molecule has 3 aromatic rings. The standard InChI is InChI=1S/C22H20N2O2/c25-21(17-26-23-16-18-10-4-1-5-11-18)24-22(19-12-6-2-7-13-19)20-14-8-3-9-15-20/h1-16,22H,17H2,(H,24,25)/b23-16+. The van der Waals surface area contributed by atoms with E-state index in [-0.39, 0.29) is 18.6 Å². The van der Waals surface area contributed by atoms with Gasteiger partial charge in [0.25, 0.3) is 5.91 Å². The van der Waals surface area contributed by atoms with Crippen LogP contribution in [0.5, 0.6) is 0 Å². The van der Waals surface area contributed by atoms with Gasteiger partial charge in [-0.2, -0.15) is 0 Å². The Labute approximate surface area is 153 Å². The second kappa shape index (κ2) is 9.18. The average molecular weight is 344 g/mol. The molecule has 0 unspecified atom stereocenters. The second-order valence-corrected chi connectivity index (χ2v) is 5.74. The highest BCUT2D eigenvalue weighted by Crippen LogP contribution is 2.21. The minimum atomic E-state index is -0.230. The molecular formula is C22H20N2O2. The summed E-state index contributed by atoms with van der Waals surface area (Å²) in [7, 11) is 0. The Morgan fingerprint density at radius 1 is 0.846 bits per heavy atom. The molecule has 0 aliphatic carbocycles. The highest BCUT2D eigenvalue weighted by molar-refractivity contribution is 5.80. The van der Waals surface area contributed by atoms with Crippen molar-refractivity contribution < 1.29 is 9.63 Å². The van der Waals surface area contributed by atoms with E-state index in [1.165, 1.54) is 0 Å². The Morgan fingerprint density at radius 2 is 1.35 bits per heavy atom. The van der Waals surface area contributed by atoms with E-state index in [1.54, 1.807) is 6.21 Å². The molecule has 0 heterocycles. The zero-order valence-corrected chi connectivity index (χ0v) is 14.3. The highest BCUT2D eigenvalue weighted by atomic mass is 16.6. The number of hydrogen-bond acceptors (Lipinski definition) is 3. The maximum absolute atomic E-state index is 12.3. The maximum Gasteiger partial charge on any atom is 0.261 e. The summed E-state index contributed by atoms with van der Waals surface area (Å²) in [6.07, 6.45) is 1.58. The summed E-state index contributed by atoms with van der Waals surface area (Å²) in [5.41, 5.74) is 2.94. The fourth-order valence-corrected chi connectivity index (χ4v) is 2.59. The van der Waals surface area contributed by atoms with Crippen LogP contribution < -0.4 is 5.32 Å². The van der Waals surface area contributed by atoms with Gasteiger partial charge in [0.2, 0.25) is 0 Å². The van der Waals surface area contributed by atoms with Gasteiger partial charge in [-0.15, -0.1) is 0 Å². The summed E-state index contributed by atoms with van der Waals surface area (Å²) in [6, 6.07) is 29.1. The van der Waals surface area contributed by atoms with Gasteiger partial charge in [-0.3, -0.25) is 4.79 Å². The monoisotopic (exact) mass is 344 g/mol. The largest absolute Gasteiger partial charge is 0.386 e. The number of hydrogen-bond donors (Lipinski definition) is 1. The van der Waals surface area contributed by atoms with Gasteiger partial charge in [-0.1, -0.05) is 96.2 Å². The lowest BCUT2D eigenvalue weighted by atomic mass is 9.99. The first kappa shape index (κ1) is 17.4. The lowest BCUT2D eigenvalue weighted by Crippen LogP contribution is -2.31. The number of nitrogens with one attached hydrogen (secondary N) is 1. The van der Waals surface area contributed by atoms with E-state index in [0.717, 1.165) is 16.7 Å². The number of carbonyl (C=O) groups excluding carboxylic acids is 1. The van der Waals surface area contributed by atoms with Crippen molar-refractivity contribution in [3.8, 4) is 0 Å². The third kappa shape index (κ3) is 5.05. The minimum Gasteiger partial charge on any atom is -0.386 e. The summed E-state index contributed by atoms with van der Waals surface area (Å²) in [5, 5.41) is 6.86. The van der Waals surface area contributed by atoms with Crippen molar-refractivity contribution in [1.29, 1.82) is 0 Å². The smallest absolute Gasteiger partial charge is 0.261 e. The first-order valence-electron chi connectivity index (χ1n) is 8.42. The van der Waals surface area contributed by atoms with E-state index < -0.39 is 0 Å². The molecule has 1 N–H and O–H groups in total. The minimum absolute atomic E-state index is 0.139. The molecule has 0 saturated heterocycles. The average Bonchev–Trinajstić information content (AvgIpc) is 2.71. The molecule has 0 atom stereocenters. The van der Waals surface area contributed by atoms with Crippen LogP contribution in [-0.2, 0) is 9.63 Å². The zero-order chi connectivity index (χ0) is 18.0. The van der Waals surface area contributed by atoms with Crippen LogP contribution in [0.2, 0.25) is 0 Å². The predicted octanol–water partition coefficient (Wildman–Crippen LogP) is 3.94. The molecule has 0 aromatic heterocycles. The van der Waals surface area contributed by atoms with Crippen LogP contribution in [0, 0.1) is 0 Å². The van der Waals surface area contributed by atoms with Gasteiger partial charge in [0.05, 0.1) is 12.3 Å². The van der Waals surface area contributed by atoms with Crippen molar-refractivity contribution >= 4 is 12.1 Å². The summed E-state index contributed by atoms with van der Waals surface area (Å²) in [6.45, 7) is -0.139. The van der Waals surface area contributed by atoms with Crippen LogP contribution in [0.1, 0.15) is 22.7 Å². The van der Waals surface area contributed by atoms with Crippen LogP contribution >= 0.6 is 0 Å². The highest BCUT2D eigenvalue weighted by Gasteiger charge is 2.16. The Morgan fingerprint density at radius 3 is 1.88 bits per heavy atom. The molecule has 0 fully saturated rings. The quantitative estimate of drug-likeness (QED) is 0.521. The van der Waals surface area contributed by atoms with Crippen LogP contribution in [-0.4, -0.2) is 18.7 Å². The Balaban J connectivity index is 1.62. The molecule has 0 radical (unpaired) electrons. The molecule has 3 aromatic carbocycles. The first-order chi connectivity index (χ1) is 12.8. The van der Waals surface area contributed by atoms with E-state index in [1.807, 2.05) is 91.0 Å². The summed E-state index contributed by atoms with van der Waals surface area (Å²) >= 11 is 0. The zero-order valence-electron chi connectivity index (χ0n) is 14.3. The molecule has 0 aliphatic heterocycles. The van der Waals surface area contributed by atoms with Crippen molar-refractivity contribution in [1.82, 2.24) is 5.32 Å². The molecule has 0 aliphatic rings. The van der Waals surface area contributed by atoms with Crippen molar-refractivity contribution in [2.45, 2.75) is 6.04 Å². The predicted molar refractivity (Wildman–Crippen MR) is 103 cm³/mol. The van der Waals surface area contributed by atoms with Gasteiger partial charge in [-0.25, -0.2) is 0 Å². The van der Waals surface area contributed by atoms with Gasteiger partial charge in [0.15, 0.2) is 6.61 Å². The molecule has 4 nitrogen and oxygen atoms in total. The van der Waals surface area contributed by atoms with Gasteiger partial charge >= 0.3 is 0 Å². The van der Waals surface area contributed by atoms with Crippen molar-refractivity contribution in [3.05, 3.63) is 108 Å². The van der Waals surface area contributed by atoms with Gasteiger partial charge in [0, 0.05) is 0 Å². The second-order valence-electron chi connectivity index (χ2n) is 5.74. The molecule has 0 bridgehead atoms. The molecule has 4 heteroatoms. The van der Waals surface area contributed by atoms with Crippen LogP contribution in [0.25, 0.3) is 0 Å². The van der Waals surface area contributed by atoms with E-state index in [0.29, 0.717) is 0 Å². The third-order valence-electron chi connectivity index (χ3n) is 3.84. The Kier molecular flexibility index (Phi) is 6.15. The maximum atomic E-state index is 12.3. The Bertz CT molecular complexity index is 794. The number of benzene rings is 3. The third-order valence-corrected chi connectivity index (χ3v) is 3.84. The van der Waals surface area contributed by atoms with Gasteiger partial charge in [-0.05, 0) is 16.7 Å². The molecule has 130 valence electrons. The number of amides is 1. The van der Waals surface area contributed by atoms with E-state index >= 15 is 0 Å². The number of carbonyl (C=O) groups is 1. The molecule has 26 heavy (non-hydrogen) atoms. The van der Waals surface area contributed by atoms with Crippen molar-refractivity contribution in [3.63, 3.8) is 0 Å². The first-order valence-corrected chi connectivity index (χ1v) is 8.42. The number of oxime groups is 1. The van der Waals surface area contributed by atoms with Crippen LogP contribution in [0.4, 0.5) is 0 Å². The van der Waals surface area contributed by atoms with Crippen molar-refractivity contribution in [2.24, 2.45) is 5.16 Å². The molecule has 0 spiro atoms. The lowest BCUT2D eigenvalue weighted by Gasteiger charge is -2.19.